The monoisotopic (exact) mass is 277 g/mol. The molecule has 0 radical (unpaired) electrons. The van der Waals surface area contributed by atoms with Gasteiger partial charge in [-0.05, 0) is 24.1 Å². The predicted molar refractivity (Wildman–Crippen MR) is 78.9 cm³/mol. The highest BCUT2D eigenvalue weighted by molar-refractivity contribution is 7.09. The molecule has 0 spiro atoms. The minimum Gasteiger partial charge on any atom is -0.508 e. The minimum absolute atomic E-state index is 0.00656. The number of nitrogens with zero attached hydrogens (tertiary/aromatic N) is 2. The fraction of sp³-hybridized carbons (Fsp3) is 0.429. The average Bonchev–Trinajstić information content (AvgIpc) is 2.80. The van der Waals surface area contributed by atoms with Gasteiger partial charge in [0.15, 0.2) is 0 Å². The highest BCUT2D eigenvalue weighted by Crippen LogP contribution is 2.22. The maximum atomic E-state index is 9.21. The molecule has 1 aromatic carbocycles. The molecule has 19 heavy (non-hydrogen) atoms. The molecule has 0 amide bonds. The molecule has 0 aliphatic rings. The van der Waals surface area contributed by atoms with Gasteiger partial charge in [-0.1, -0.05) is 32.9 Å². The van der Waals surface area contributed by atoms with Crippen molar-refractivity contribution in [3.63, 3.8) is 0 Å². The molecular formula is C14H19N3OS. The predicted octanol–water partition coefficient (Wildman–Crippen LogP) is 3.20. The smallest absolute Gasteiger partial charge is 0.202 e. The van der Waals surface area contributed by atoms with Crippen LogP contribution in [0.15, 0.2) is 24.3 Å². The molecule has 0 saturated carbocycles. The number of benzene rings is 1. The van der Waals surface area contributed by atoms with Crippen LogP contribution in [-0.2, 0) is 11.8 Å². The van der Waals surface area contributed by atoms with Gasteiger partial charge < -0.3 is 10.4 Å². The molecule has 0 fully saturated rings. The van der Waals surface area contributed by atoms with Gasteiger partial charge in [-0.3, -0.25) is 0 Å². The molecule has 0 bridgehead atoms. The lowest BCUT2D eigenvalue weighted by Crippen LogP contribution is -2.13. The van der Waals surface area contributed by atoms with Gasteiger partial charge in [0.1, 0.15) is 11.6 Å². The molecule has 0 aliphatic heterocycles. The second-order valence-electron chi connectivity index (χ2n) is 5.52. The lowest BCUT2D eigenvalue weighted by Gasteiger charge is -2.12. The molecule has 0 unspecified atom stereocenters. The fourth-order valence-electron chi connectivity index (χ4n) is 1.58. The van der Waals surface area contributed by atoms with Crippen LogP contribution in [0.2, 0.25) is 0 Å². The number of phenolic OH excluding ortho intramolecular Hbond substituents is 1. The van der Waals surface area contributed by atoms with Gasteiger partial charge >= 0.3 is 0 Å². The van der Waals surface area contributed by atoms with E-state index in [-0.39, 0.29) is 5.41 Å². The van der Waals surface area contributed by atoms with Crippen molar-refractivity contribution in [2.24, 2.45) is 0 Å². The third-order valence-electron chi connectivity index (χ3n) is 2.72. The number of aromatic hydroxyl groups is 1. The maximum absolute atomic E-state index is 9.21. The quantitative estimate of drug-likeness (QED) is 0.901. The van der Waals surface area contributed by atoms with Crippen LogP contribution in [0.1, 0.15) is 32.2 Å². The van der Waals surface area contributed by atoms with Crippen molar-refractivity contribution in [1.82, 2.24) is 9.36 Å². The molecular weight excluding hydrogens is 258 g/mol. The molecule has 0 atom stereocenters. The Balaban J connectivity index is 1.86. The normalized spacial score (nSPS) is 11.5. The Morgan fingerprint density at radius 3 is 2.47 bits per heavy atom. The van der Waals surface area contributed by atoms with E-state index < -0.39 is 0 Å². The average molecular weight is 277 g/mol. The van der Waals surface area contributed by atoms with Crippen LogP contribution in [0.25, 0.3) is 0 Å². The SMILES string of the molecule is CC(C)(C)c1nsc(NCCc2ccc(O)cc2)n1. The number of phenols is 1. The molecule has 102 valence electrons. The Labute approximate surface area is 117 Å². The third kappa shape index (κ3) is 3.92. The van der Waals surface area contributed by atoms with Crippen molar-refractivity contribution in [1.29, 1.82) is 0 Å². The van der Waals surface area contributed by atoms with Crippen molar-refractivity contribution >= 4 is 16.7 Å². The second kappa shape index (κ2) is 5.57. The summed E-state index contributed by atoms with van der Waals surface area (Å²) in [6, 6.07) is 7.27. The lowest BCUT2D eigenvalue weighted by atomic mass is 9.96. The summed E-state index contributed by atoms with van der Waals surface area (Å²) in [5, 5.41) is 13.4. The van der Waals surface area contributed by atoms with Crippen LogP contribution in [-0.4, -0.2) is 21.0 Å². The van der Waals surface area contributed by atoms with E-state index in [0.717, 1.165) is 23.9 Å². The van der Waals surface area contributed by atoms with Crippen LogP contribution < -0.4 is 5.32 Å². The number of aromatic nitrogens is 2. The third-order valence-corrected chi connectivity index (χ3v) is 3.40. The van der Waals surface area contributed by atoms with E-state index >= 15 is 0 Å². The van der Waals surface area contributed by atoms with Gasteiger partial charge in [0.25, 0.3) is 0 Å². The fourth-order valence-corrected chi connectivity index (χ4v) is 2.36. The number of anilines is 1. The molecule has 4 nitrogen and oxygen atoms in total. The molecule has 0 saturated heterocycles. The second-order valence-corrected chi connectivity index (χ2v) is 6.27. The summed E-state index contributed by atoms with van der Waals surface area (Å²) < 4.78 is 4.36. The first-order chi connectivity index (χ1) is 8.95. The zero-order chi connectivity index (χ0) is 13.9. The van der Waals surface area contributed by atoms with E-state index in [1.54, 1.807) is 12.1 Å². The zero-order valence-electron chi connectivity index (χ0n) is 11.5. The molecule has 1 heterocycles. The molecule has 1 aromatic heterocycles. The van der Waals surface area contributed by atoms with Gasteiger partial charge in [0.05, 0.1) is 0 Å². The first-order valence-corrected chi connectivity index (χ1v) is 7.08. The summed E-state index contributed by atoms with van der Waals surface area (Å²) in [6.07, 6.45) is 0.894. The standard InChI is InChI=1S/C14H19N3OS/c1-14(2,3)12-16-13(19-17-12)15-9-8-10-4-6-11(18)7-5-10/h4-7,18H,8-9H2,1-3H3,(H,15,16,17). The number of nitrogens with one attached hydrogen (secondary N) is 1. The van der Waals surface area contributed by atoms with Gasteiger partial charge in [-0.2, -0.15) is 4.37 Å². The number of hydrogen-bond acceptors (Lipinski definition) is 5. The molecule has 2 rings (SSSR count). The highest BCUT2D eigenvalue weighted by atomic mass is 32.1. The Morgan fingerprint density at radius 2 is 1.89 bits per heavy atom. The van der Waals surface area contributed by atoms with Gasteiger partial charge in [-0.25, -0.2) is 4.98 Å². The van der Waals surface area contributed by atoms with Crippen LogP contribution in [0.5, 0.6) is 5.75 Å². The summed E-state index contributed by atoms with van der Waals surface area (Å²) in [4.78, 5) is 4.48. The van der Waals surface area contributed by atoms with Crippen LogP contribution in [0.3, 0.4) is 0 Å². The van der Waals surface area contributed by atoms with Crippen molar-refractivity contribution in [3.05, 3.63) is 35.7 Å². The summed E-state index contributed by atoms with van der Waals surface area (Å²) in [5.74, 6) is 1.18. The van der Waals surface area contributed by atoms with E-state index in [1.807, 2.05) is 12.1 Å². The summed E-state index contributed by atoms with van der Waals surface area (Å²) in [5.41, 5.74) is 1.18. The largest absolute Gasteiger partial charge is 0.508 e. The van der Waals surface area contributed by atoms with Crippen LogP contribution >= 0.6 is 11.5 Å². The van der Waals surface area contributed by atoms with Crippen molar-refractivity contribution in [2.75, 3.05) is 11.9 Å². The molecule has 5 heteroatoms. The van der Waals surface area contributed by atoms with Gasteiger partial charge in [0.2, 0.25) is 5.13 Å². The van der Waals surface area contributed by atoms with E-state index in [2.05, 4.69) is 35.4 Å². The zero-order valence-corrected chi connectivity index (χ0v) is 12.3. The van der Waals surface area contributed by atoms with E-state index in [9.17, 15) is 5.11 Å². The first-order valence-electron chi connectivity index (χ1n) is 6.31. The Hall–Kier alpha value is -1.62. The van der Waals surface area contributed by atoms with E-state index in [1.165, 1.54) is 17.1 Å². The van der Waals surface area contributed by atoms with E-state index in [0.29, 0.717) is 5.75 Å². The summed E-state index contributed by atoms with van der Waals surface area (Å²) in [6.45, 7) is 7.13. The molecule has 0 aliphatic carbocycles. The van der Waals surface area contributed by atoms with E-state index in [4.69, 9.17) is 0 Å². The topological polar surface area (TPSA) is 58.0 Å². The number of hydrogen-bond donors (Lipinski definition) is 2. The number of rotatable bonds is 4. The van der Waals surface area contributed by atoms with Gasteiger partial charge in [0, 0.05) is 23.5 Å². The van der Waals surface area contributed by atoms with Crippen molar-refractivity contribution < 1.29 is 5.11 Å². The Bertz CT molecular complexity index is 528. The molecule has 2 N–H and O–H groups in total. The highest BCUT2D eigenvalue weighted by Gasteiger charge is 2.19. The van der Waals surface area contributed by atoms with Crippen molar-refractivity contribution in [3.8, 4) is 5.75 Å². The van der Waals surface area contributed by atoms with Crippen LogP contribution in [0.4, 0.5) is 5.13 Å². The first kappa shape index (κ1) is 13.8. The Morgan fingerprint density at radius 1 is 1.21 bits per heavy atom. The molecule has 2 aromatic rings. The van der Waals surface area contributed by atoms with Crippen molar-refractivity contribution in [2.45, 2.75) is 32.6 Å². The van der Waals surface area contributed by atoms with Gasteiger partial charge in [-0.15, -0.1) is 0 Å². The Kier molecular flexibility index (Phi) is 4.04. The minimum atomic E-state index is -0.00656. The van der Waals surface area contributed by atoms with Crippen LogP contribution in [0, 0.1) is 0 Å². The summed E-state index contributed by atoms with van der Waals surface area (Å²) in [7, 11) is 0. The summed E-state index contributed by atoms with van der Waals surface area (Å²) >= 11 is 1.40. The lowest BCUT2D eigenvalue weighted by molar-refractivity contribution is 0.475. The maximum Gasteiger partial charge on any atom is 0.202 e.